The number of morpholine rings is 1. The van der Waals surface area contributed by atoms with Gasteiger partial charge in [0.05, 0.1) is 18.8 Å². The number of alkyl halides is 3. The molecule has 24 heavy (non-hydrogen) atoms. The second-order valence-corrected chi connectivity index (χ2v) is 7.14. The minimum atomic E-state index is -4.47. The van der Waals surface area contributed by atoms with Crippen molar-refractivity contribution < 1.29 is 22.7 Å². The fourth-order valence-corrected chi connectivity index (χ4v) is 3.50. The van der Waals surface area contributed by atoms with Gasteiger partial charge in [0.15, 0.2) is 0 Å². The summed E-state index contributed by atoms with van der Waals surface area (Å²) in [7, 11) is 0. The van der Waals surface area contributed by atoms with Crippen molar-refractivity contribution >= 4 is 5.91 Å². The fourth-order valence-electron chi connectivity index (χ4n) is 3.50. The summed E-state index contributed by atoms with van der Waals surface area (Å²) in [6.07, 6.45) is -4.53. The molecule has 2 fully saturated rings. The summed E-state index contributed by atoms with van der Waals surface area (Å²) in [5.41, 5.74) is -0.578. The zero-order chi connectivity index (χ0) is 17.8. The first-order chi connectivity index (χ1) is 11.2. The Balaban J connectivity index is 2.02. The maximum Gasteiger partial charge on any atom is 0.397 e. The molecule has 2 saturated heterocycles. The van der Waals surface area contributed by atoms with Crippen molar-refractivity contribution in [1.82, 2.24) is 15.1 Å². The van der Waals surface area contributed by atoms with Crippen LogP contribution in [0.3, 0.4) is 0 Å². The highest BCUT2D eigenvalue weighted by molar-refractivity contribution is 5.77. The largest absolute Gasteiger partial charge is 0.397 e. The molecular weight excluding hydrogens is 323 g/mol. The maximum atomic E-state index is 12.5. The fraction of sp³-hybridized carbons (Fsp3) is 0.938. The molecule has 0 aliphatic carbocycles. The van der Waals surface area contributed by atoms with Crippen molar-refractivity contribution in [3.05, 3.63) is 0 Å². The number of carbonyl (C=O) groups excluding carboxylic acids is 1. The smallest absolute Gasteiger partial charge is 0.379 e. The molecule has 2 heterocycles. The summed E-state index contributed by atoms with van der Waals surface area (Å²) in [5, 5.41) is 2.73. The molecule has 8 heteroatoms. The average Bonchev–Trinajstić information content (AvgIpc) is 2.46. The van der Waals surface area contributed by atoms with Crippen molar-refractivity contribution in [2.24, 2.45) is 0 Å². The lowest BCUT2D eigenvalue weighted by Crippen LogP contribution is -2.62. The van der Waals surface area contributed by atoms with Crippen LogP contribution < -0.4 is 5.32 Å². The van der Waals surface area contributed by atoms with E-state index in [9.17, 15) is 18.0 Å². The first-order valence-corrected chi connectivity index (χ1v) is 8.61. The zero-order valence-electron chi connectivity index (χ0n) is 14.5. The summed E-state index contributed by atoms with van der Waals surface area (Å²) >= 11 is 0. The molecule has 0 saturated carbocycles. The van der Waals surface area contributed by atoms with Crippen LogP contribution in [0.15, 0.2) is 0 Å². The van der Waals surface area contributed by atoms with Gasteiger partial charge in [0.25, 0.3) is 0 Å². The standard InChI is InChI=1S/C16H28F3N3O2/c1-13(2)22-5-3-15(4-6-22,12-21-7-9-24-10-8-21)20-14(23)11-16(17,18)19/h13H,3-12H2,1-2H3,(H,20,23). The molecule has 5 nitrogen and oxygen atoms in total. The summed E-state index contributed by atoms with van der Waals surface area (Å²) in [5.74, 6) is -0.922. The molecule has 0 aromatic heterocycles. The van der Waals surface area contributed by atoms with Gasteiger partial charge in [-0.15, -0.1) is 0 Å². The van der Waals surface area contributed by atoms with Crippen molar-refractivity contribution in [3.63, 3.8) is 0 Å². The van der Waals surface area contributed by atoms with E-state index in [4.69, 9.17) is 4.74 Å². The van der Waals surface area contributed by atoms with E-state index < -0.39 is 24.0 Å². The van der Waals surface area contributed by atoms with Crippen molar-refractivity contribution in [1.29, 1.82) is 0 Å². The van der Waals surface area contributed by atoms with E-state index in [1.54, 1.807) is 0 Å². The summed E-state index contributed by atoms with van der Waals surface area (Å²) < 4.78 is 42.9. The quantitative estimate of drug-likeness (QED) is 0.818. The van der Waals surface area contributed by atoms with Crippen LogP contribution in [-0.4, -0.2) is 79.4 Å². The molecule has 0 bridgehead atoms. The number of ether oxygens (including phenoxy) is 1. The van der Waals surface area contributed by atoms with Gasteiger partial charge in [-0.05, 0) is 26.7 Å². The van der Waals surface area contributed by atoms with E-state index in [0.29, 0.717) is 38.6 Å². The third-order valence-electron chi connectivity index (χ3n) is 4.88. The van der Waals surface area contributed by atoms with Gasteiger partial charge in [-0.25, -0.2) is 0 Å². The van der Waals surface area contributed by atoms with Crippen LogP contribution >= 0.6 is 0 Å². The molecule has 0 atom stereocenters. The van der Waals surface area contributed by atoms with Gasteiger partial charge in [-0.2, -0.15) is 13.2 Å². The number of carbonyl (C=O) groups is 1. The molecule has 2 aliphatic rings. The number of piperidine rings is 1. The Kier molecular flexibility index (Phi) is 6.50. The van der Waals surface area contributed by atoms with Gasteiger partial charge in [0.2, 0.25) is 5.91 Å². The van der Waals surface area contributed by atoms with Gasteiger partial charge in [-0.1, -0.05) is 0 Å². The Bertz CT molecular complexity index is 415. The number of nitrogens with one attached hydrogen (secondary N) is 1. The van der Waals surface area contributed by atoms with Crippen LogP contribution in [-0.2, 0) is 9.53 Å². The second kappa shape index (κ2) is 8.01. The highest BCUT2D eigenvalue weighted by Crippen LogP contribution is 2.27. The molecule has 140 valence electrons. The van der Waals surface area contributed by atoms with E-state index >= 15 is 0 Å². The van der Waals surface area contributed by atoms with E-state index in [2.05, 4.69) is 29.0 Å². The van der Waals surface area contributed by atoms with Crippen LogP contribution in [0.2, 0.25) is 0 Å². The number of nitrogens with zero attached hydrogens (tertiary/aromatic N) is 2. The van der Waals surface area contributed by atoms with E-state index in [-0.39, 0.29) is 0 Å². The molecule has 0 aromatic rings. The van der Waals surface area contributed by atoms with E-state index in [0.717, 1.165) is 26.2 Å². The third kappa shape index (κ3) is 5.89. The lowest BCUT2D eigenvalue weighted by Gasteiger charge is -2.46. The molecule has 1 N–H and O–H groups in total. The first-order valence-electron chi connectivity index (χ1n) is 8.61. The Hall–Kier alpha value is -0.860. The number of amides is 1. The number of hydrogen-bond acceptors (Lipinski definition) is 4. The predicted molar refractivity (Wildman–Crippen MR) is 84.7 cm³/mol. The van der Waals surface area contributed by atoms with E-state index in [1.165, 1.54) is 0 Å². The molecule has 2 aliphatic heterocycles. The predicted octanol–water partition coefficient (Wildman–Crippen LogP) is 1.63. The van der Waals surface area contributed by atoms with Crippen molar-refractivity contribution in [2.45, 2.75) is 50.9 Å². The average molecular weight is 351 g/mol. The zero-order valence-corrected chi connectivity index (χ0v) is 14.5. The highest BCUT2D eigenvalue weighted by atomic mass is 19.4. The molecule has 1 amide bonds. The molecular formula is C16H28F3N3O2. The minimum absolute atomic E-state index is 0.400. The van der Waals surface area contributed by atoms with Crippen LogP contribution in [0, 0.1) is 0 Å². The lowest BCUT2D eigenvalue weighted by atomic mass is 9.85. The topological polar surface area (TPSA) is 44.8 Å². The summed E-state index contributed by atoms with van der Waals surface area (Å²) in [6.45, 7) is 9.15. The SMILES string of the molecule is CC(C)N1CCC(CN2CCOCC2)(NC(=O)CC(F)(F)F)CC1. The monoisotopic (exact) mass is 351 g/mol. The Morgan fingerprint density at radius 2 is 1.75 bits per heavy atom. The molecule has 2 rings (SSSR count). The lowest BCUT2D eigenvalue weighted by molar-refractivity contribution is -0.155. The van der Waals surface area contributed by atoms with Gasteiger partial charge < -0.3 is 15.0 Å². The molecule has 0 spiro atoms. The number of rotatable bonds is 5. The second-order valence-electron chi connectivity index (χ2n) is 7.14. The molecule has 0 radical (unpaired) electrons. The molecule has 0 aromatic carbocycles. The Morgan fingerprint density at radius 1 is 1.17 bits per heavy atom. The summed E-state index contributed by atoms with van der Waals surface area (Å²) in [4.78, 5) is 16.4. The van der Waals surface area contributed by atoms with Gasteiger partial charge >= 0.3 is 6.18 Å². The Morgan fingerprint density at radius 3 is 2.25 bits per heavy atom. The van der Waals surface area contributed by atoms with Gasteiger partial charge in [0.1, 0.15) is 6.42 Å². The Labute approximate surface area is 141 Å². The van der Waals surface area contributed by atoms with Gasteiger partial charge in [-0.3, -0.25) is 9.69 Å². The van der Waals surface area contributed by atoms with Crippen LogP contribution in [0.1, 0.15) is 33.1 Å². The van der Waals surface area contributed by atoms with E-state index in [1.807, 2.05) is 0 Å². The minimum Gasteiger partial charge on any atom is -0.379 e. The van der Waals surface area contributed by atoms with Crippen molar-refractivity contribution in [2.75, 3.05) is 45.9 Å². The maximum absolute atomic E-state index is 12.5. The summed E-state index contributed by atoms with van der Waals surface area (Å²) in [6, 6.07) is 0.400. The normalized spacial score (nSPS) is 23.4. The molecule has 0 unspecified atom stereocenters. The van der Waals surface area contributed by atoms with Crippen LogP contribution in [0.25, 0.3) is 0 Å². The number of likely N-dealkylation sites (tertiary alicyclic amines) is 1. The van der Waals surface area contributed by atoms with Crippen LogP contribution in [0.5, 0.6) is 0 Å². The van der Waals surface area contributed by atoms with Crippen molar-refractivity contribution in [3.8, 4) is 0 Å². The van der Waals surface area contributed by atoms with Gasteiger partial charge in [0, 0.05) is 38.8 Å². The number of halogens is 3. The first kappa shape index (κ1) is 19.5. The number of hydrogen-bond donors (Lipinski definition) is 1. The van der Waals surface area contributed by atoms with Crippen LogP contribution in [0.4, 0.5) is 13.2 Å². The highest BCUT2D eigenvalue weighted by Gasteiger charge is 2.40. The third-order valence-corrected chi connectivity index (χ3v) is 4.88.